The minimum Gasteiger partial charge on any atom is -0.378 e. The van der Waals surface area contributed by atoms with Gasteiger partial charge in [0.25, 0.3) is 0 Å². The second-order valence-electron chi connectivity index (χ2n) is 7.62. The van der Waals surface area contributed by atoms with Crippen molar-refractivity contribution in [3.05, 3.63) is 40.0 Å². The van der Waals surface area contributed by atoms with Gasteiger partial charge in [-0.05, 0) is 29.3 Å². The number of methoxy groups -OCH3 is 1. The first kappa shape index (κ1) is 18.3. The molecule has 0 aromatic carbocycles. The zero-order valence-corrected chi connectivity index (χ0v) is 16.5. The summed E-state index contributed by atoms with van der Waals surface area (Å²) < 4.78 is 11.5. The van der Waals surface area contributed by atoms with Gasteiger partial charge in [0.15, 0.2) is 0 Å². The largest absolute Gasteiger partial charge is 0.378 e. The second-order valence-corrected chi connectivity index (χ2v) is 8.40. The summed E-state index contributed by atoms with van der Waals surface area (Å²) >= 11 is 1.71. The molecular formula is C19H27N3O2S. The van der Waals surface area contributed by atoms with Crippen LogP contribution in [0, 0.1) is 0 Å². The van der Waals surface area contributed by atoms with E-state index in [2.05, 4.69) is 54.4 Å². The lowest BCUT2D eigenvalue weighted by molar-refractivity contribution is -0.0174. The van der Waals surface area contributed by atoms with Crippen molar-refractivity contribution < 1.29 is 9.47 Å². The molecule has 0 amide bonds. The van der Waals surface area contributed by atoms with Crippen molar-refractivity contribution in [2.24, 2.45) is 0 Å². The Morgan fingerprint density at radius 3 is 2.76 bits per heavy atom. The van der Waals surface area contributed by atoms with E-state index in [9.17, 15) is 0 Å². The highest BCUT2D eigenvalue weighted by Gasteiger charge is 2.29. The molecule has 3 rings (SSSR count). The van der Waals surface area contributed by atoms with Crippen LogP contribution in [0.1, 0.15) is 50.9 Å². The molecule has 2 unspecified atom stereocenters. The Morgan fingerprint density at radius 2 is 2.12 bits per heavy atom. The fraction of sp³-hybridized carbons (Fsp3) is 0.579. The molecule has 1 fully saturated rings. The van der Waals surface area contributed by atoms with Crippen LogP contribution in [0.15, 0.2) is 22.9 Å². The van der Waals surface area contributed by atoms with Crippen LogP contribution in [0.3, 0.4) is 0 Å². The second kappa shape index (κ2) is 7.40. The fourth-order valence-corrected chi connectivity index (χ4v) is 3.68. The van der Waals surface area contributed by atoms with Gasteiger partial charge in [0.05, 0.1) is 18.4 Å². The minimum atomic E-state index is -0.108. The van der Waals surface area contributed by atoms with E-state index in [1.165, 1.54) is 5.56 Å². The molecule has 2 aromatic rings. The number of rotatable bonds is 4. The van der Waals surface area contributed by atoms with Crippen molar-refractivity contribution in [2.75, 3.05) is 25.1 Å². The van der Waals surface area contributed by atoms with Gasteiger partial charge in [-0.2, -0.15) is 11.3 Å². The Bertz CT molecular complexity index is 697. The zero-order valence-electron chi connectivity index (χ0n) is 15.7. The summed E-state index contributed by atoms with van der Waals surface area (Å²) in [5, 5.41) is 4.26. The number of ether oxygens (including phenoxy) is 2. The Morgan fingerprint density at radius 1 is 1.32 bits per heavy atom. The molecule has 1 saturated heterocycles. The molecule has 0 radical (unpaired) electrons. The molecule has 0 bridgehead atoms. The Balaban J connectivity index is 1.92. The normalized spacial score (nSPS) is 21.6. The summed E-state index contributed by atoms with van der Waals surface area (Å²) in [6.07, 6.45) is 0.228. The van der Waals surface area contributed by atoms with Crippen molar-refractivity contribution in [1.29, 1.82) is 0 Å². The Hall–Kier alpha value is -1.50. The third kappa shape index (κ3) is 4.37. The molecule has 2 atom stereocenters. The number of nitrogens with zero attached hydrogens (tertiary/aromatic N) is 3. The van der Waals surface area contributed by atoms with Crippen molar-refractivity contribution in [1.82, 2.24) is 9.97 Å². The molecule has 1 aliphatic rings. The number of morpholine rings is 1. The van der Waals surface area contributed by atoms with Crippen LogP contribution in [0.2, 0.25) is 0 Å². The van der Waals surface area contributed by atoms with E-state index >= 15 is 0 Å². The van der Waals surface area contributed by atoms with E-state index in [-0.39, 0.29) is 17.6 Å². The molecule has 0 saturated carbocycles. The minimum absolute atomic E-state index is 0.0777. The SMILES string of the molecule is COCc1cc(N2CC(C)OC(c3ccsc3)C2)nc(C(C)(C)C)n1. The molecule has 2 aromatic heterocycles. The van der Waals surface area contributed by atoms with Crippen LogP contribution in [0.5, 0.6) is 0 Å². The van der Waals surface area contributed by atoms with Gasteiger partial charge < -0.3 is 14.4 Å². The summed E-state index contributed by atoms with van der Waals surface area (Å²) in [7, 11) is 1.70. The standard InChI is InChI=1S/C19H27N3O2S/c1-13-9-22(10-16(24-13)14-6-7-25-12-14)17-8-15(11-23-5)20-18(21-17)19(2,3)4/h6-8,12-13,16H,9-11H2,1-5H3. The lowest BCUT2D eigenvalue weighted by atomic mass is 9.95. The maximum atomic E-state index is 6.15. The number of thiophene rings is 1. The third-order valence-corrected chi connectivity index (χ3v) is 4.93. The quantitative estimate of drug-likeness (QED) is 0.825. The predicted molar refractivity (Wildman–Crippen MR) is 101 cm³/mol. The van der Waals surface area contributed by atoms with E-state index in [4.69, 9.17) is 14.5 Å². The summed E-state index contributed by atoms with van der Waals surface area (Å²) in [6.45, 7) is 10.7. The van der Waals surface area contributed by atoms with Gasteiger partial charge >= 0.3 is 0 Å². The van der Waals surface area contributed by atoms with Crippen molar-refractivity contribution in [3.8, 4) is 0 Å². The first-order valence-corrected chi connectivity index (χ1v) is 9.61. The highest BCUT2D eigenvalue weighted by molar-refractivity contribution is 7.07. The Labute approximate surface area is 154 Å². The summed E-state index contributed by atoms with van der Waals surface area (Å²) in [5.41, 5.74) is 2.05. The van der Waals surface area contributed by atoms with E-state index in [0.717, 1.165) is 30.4 Å². The van der Waals surface area contributed by atoms with Gasteiger partial charge in [0.2, 0.25) is 0 Å². The molecule has 3 heterocycles. The highest BCUT2D eigenvalue weighted by Crippen LogP contribution is 2.30. The molecule has 0 N–H and O–H groups in total. The maximum Gasteiger partial charge on any atom is 0.136 e. The number of aromatic nitrogens is 2. The van der Waals surface area contributed by atoms with Crippen LogP contribution >= 0.6 is 11.3 Å². The molecule has 0 aliphatic carbocycles. The summed E-state index contributed by atoms with van der Waals surface area (Å²) in [5.74, 6) is 1.81. The number of anilines is 1. The smallest absolute Gasteiger partial charge is 0.136 e. The van der Waals surface area contributed by atoms with E-state index < -0.39 is 0 Å². The molecule has 6 heteroatoms. The fourth-order valence-electron chi connectivity index (χ4n) is 2.98. The maximum absolute atomic E-state index is 6.15. The van der Waals surface area contributed by atoms with Gasteiger partial charge in [-0.15, -0.1) is 0 Å². The van der Waals surface area contributed by atoms with Crippen molar-refractivity contribution in [3.63, 3.8) is 0 Å². The average Bonchev–Trinajstić information content (AvgIpc) is 3.08. The van der Waals surface area contributed by atoms with Crippen molar-refractivity contribution in [2.45, 2.75) is 51.9 Å². The van der Waals surface area contributed by atoms with Crippen LogP contribution in [-0.4, -0.2) is 36.3 Å². The topological polar surface area (TPSA) is 47.5 Å². The van der Waals surface area contributed by atoms with Crippen molar-refractivity contribution >= 4 is 17.2 Å². The first-order chi connectivity index (χ1) is 11.9. The van der Waals surface area contributed by atoms with Gasteiger partial charge in [0.1, 0.15) is 17.7 Å². The van der Waals surface area contributed by atoms with Gasteiger partial charge in [-0.25, -0.2) is 9.97 Å². The molecule has 1 aliphatic heterocycles. The van der Waals surface area contributed by atoms with E-state index in [0.29, 0.717) is 6.61 Å². The lowest BCUT2D eigenvalue weighted by Gasteiger charge is -2.38. The average molecular weight is 362 g/mol. The molecule has 136 valence electrons. The van der Waals surface area contributed by atoms with Gasteiger partial charge in [0, 0.05) is 31.7 Å². The molecular weight excluding hydrogens is 334 g/mol. The predicted octanol–water partition coefficient (Wildman–Crippen LogP) is 3.95. The zero-order chi connectivity index (χ0) is 18.0. The molecule has 25 heavy (non-hydrogen) atoms. The summed E-state index contributed by atoms with van der Waals surface area (Å²) in [6, 6.07) is 4.18. The van der Waals surface area contributed by atoms with Crippen LogP contribution in [0.4, 0.5) is 5.82 Å². The van der Waals surface area contributed by atoms with Crippen LogP contribution in [0.25, 0.3) is 0 Å². The van der Waals surface area contributed by atoms with Gasteiger partial charge in [-0.1, -0.05) is 20.8 Å². The number of hydrogen-bond acceptors (Lipinski definition) is 6. The van der Waals surface area contributed by atoms with Gasteiger partial charge in [-0.3, -0.25) is 0 Å². The lowest BCUT2D eigenvalue weighted by Crippen LogP contribution is -2.43. The van der Waals surface area contributed by atoms with E-state index in [1.54, 1.807) is 18.4 Å². The van der Waals surface area contributed by atoms with Crippen LogP contribution < -0.4 is 4.90 Å². The third-order valence-electron chi connectivity index (χ3n) is 4.23. The monoisotopic (exact) mass is 361 g/mol. The summed E-state index contributed by atoms with van der Waals surface area (Å²) in [4.78, 5) is 11.9. The molecule has 0 spiro atoms. The van der Waals surface area contributed by atoms with Crippen LogP contribution in [-0.2, 0) is 21.5 Å². The van der Waals surface area contributed by atoms with E-state index in [1.807, 2.05) is 6.07 Å². The highest BCUT2D eigenvalue weighted by atomic mass is 32.1. The number of hydrogen-bond donors (Lipinski definition) is 0. The molecule has 5 nitrogen and oxygen atoms in total. The Kier molecular flexibility index (Phi) is 5.41. The first-order valence-electron chi connectivity index (χ1n) is 8.66.